The number of aliphatic hydroxyl groups is 7. The molecule has 7 rings (SSSR count). The first kappa shape index (κ1) is 30.1. The topological polar surface area (TPSA) is 235 Å². The van der Waals surface area contributed by atoms with E-state index in [-0.39, 0.29) is 23.8 Å². The Kier molecular flexibility index (Phi) is 7.60. The van der Waals surface area contributed by atoms with Gasteiger partial charge in [-0.05, 0) is 12.1 Å². The van der Waals surface area contributed by atoms with Crippen LogP contribution >= 0.6 is 0 Å². The van der Waals surface area contributed by atoms with Gasteiger partial charge in [-0.2, -0.15) is 0 Å². The molecule has 0 spiro atoms. The van der Waals surface area contributed by atoms with Crippen molar-refractivity contribution < 1.29 is 73.7 Å². The van der Waals surface area contributed by atoms with E-state index >= 15 is 0 Å². The van der Waals surface area contributed by atoms with Crippen LogP contribution in [0.2, 0.25) is 0 Å². The number of anilines is 1. The lowest BCUT2D eigenvalue weighted by Gasteiger charge is -2.46. The SMILES string of the molecule is COc1cccc2c1c(OC1OC(CO)C(O)C(O)C1OC1OC(CO)C(O)C(O)C1O)c1c3c(cc4c(c32)OCO4)C(=O)N1. The predicted octanol–water partition coefficient (Wildman–Crippen LogP) is -1.70. The second kappa shape index (κ2) is 11.4. The minimum atomic E-state index is -1.85. The molecule has 0 aromatic heterocycles. The van der Waals surface area contributed by atoms with E-state index in [4.69, 9.17) is 33.2 Å². The first-order chi connectivity index (χ1) is 21.7. The molecule has 3 aromatic carbocycles. The van der Waals surface area contributed by atoms with Gasteiger partial charge in [0.25, 0.3) is 5.91 Å². The molecule has 10 unspecified atom stereocenters. The molecule has 2 saturated heterocycles. The van der Waals surface area contributed by atoms with E-state index in [9.17, 15) is 40.5 Å². The van der Waals surface area contributed by atoms with Crippen LogP contribution in [0.5, 0.6) is 23.0 Å². The maximum atomic E-state index is 13.2. The second-order valence-corrected chi connectivity index (χ2v) is 11.1. The van der Waals surface area contributed by atoms with E-state index in [1.807, 2.05) is 0 Å². The zero-order valence-electron chi connectivity index (χ0n) is 23.6. The summed E-state index contributed by atoms with van der Waals surface area (Å²) in [6.07, 6.45) is -16.6. The molecule has 4 heterocycles. The maximum Gasteiger partial charge on any atom is 0.256 e. The average molecular weight is 634 g/mol. The molecule has 4 aliphatic rings. The molecular weight excluding hydrogens is 602 g/mol. The molecule has 0 bridgehead atoms. The van der Waals surface area contributed by atoms with Crippen LogP contribution < -0.4 is 24.3 Å². The van der Waals surface area contributed by atoms with Crippen molar-refractivity contribution >= 4 is 33.1 Å². The largest absolute Gasteiger partial charge is 0.496 e. The summed E-state index contributed by atoms with van der Waals surface area (Å²) in [7, 11) is 1.44. The Labute approximate surface area is 253 Å². The number of hydrogen-bond donors (Lipinski definition) is 8. The van der Waals surface area contributed by atoms with Gasteiger partial charge in [-0.15, -0.1) is 0 Å². The standard InChI is InChI=1S/C29H31NO15/c1-39-11-4-2-3-9-15(11)25(18-16-10(27(38)30-18)5-12-24(17(9)16)41-8-40-12)44-29-26(22(36)20(34)14(7-32)43-29)45-28-23(37)21(35)19(33)13(6-31)42-28/h2-5,13-14,19-23,26,28-29,31-37H,6-8H2,1H3,(H,30,38). The van der Waals surface area contributed by atoms with Crippen LogP contribution in [0.25, 0.3) is 21.5 Å². The predicted molar refractivity (Wildman–Crippen MR) is 149 cm³/mol. The third-order valence-electron chi connectivity index (χ3n) is 8.56. The summed E-state index contributed by atoms with van der Waals surface area (Å²) in [5, 5.41) is 77.2. The molecule has 0 saturated carbocycles. The molecule has 0 aliphatic carbocycles. The Hall–Kier alpha value is -3.55. The van der Waals surface area contributed by atoms with E-state index < -0.39 is 80.5 Å². The molecule has 242 valence electrons. The van der Waals surface area contributed by atoms with E-state index in [1.165, 1.54) is 7.11 Å². The number of fused-ring (bicyclic) bond motifs is 4. The Balaban J connectivity index is 1.36. The molecule has 8 N–H and O–H groups in total. The molecule has 16 heteroatoms. The summed E-state index contributed by atoms with van der Waals surface area (Å²) in [4.78, 5) is 13.2. The highest BCUT2D eigenvalue weighted by atomic mass is 16.8. The third kappa shape index (κ3) is 4.57. The Morgan fingerprint density at radius 1 is 0.867 bits per heavy atom. The highest BCUT2D eigenvalue weighted by Gasteiger charge is 2.52. The fraction of sp³-hybridized carbons (Fsp3) is 0.483. The highest BCUT2D eigenvalue weighted by Crippen LogP contribution is 2.55. The minimum absolute atomic E-state index is 0.0218. The van der Waals surface area contributed by atoms with Crippen molar-refractivity contribution in [2.45, 2.75) is 61.4 Å². The van der Waals surface area contributed by atoms with E-state index in [0.29, 0.717) is 38.8 Å². The summed E-state index contributed by atoms with van der Waals surface area (Å²) in [6, 6.07) is 6.70. The number of benzene rings is 3. The van der Waals surface area contributed by atoms with Crippen LogP contribution in [0.4, 0.5) is 5.69 Å². The van der Waals surface area contributed by atoms with Gasteiger partial charge in [0, 0.05) is 16.2 Å². The molecule has 0 radical (unpaired) electrons. The fourth-order valence-electron chi connectivity index (χ4n) is 6.29. The lowest BCUT2D eigenvalue weighted by molar-refractivity contribution is -0.357. The zero-order valence-corrected chi connectivity index (χ0v) is 23.6. The summed E-state index contributed by atoms with van der Waals surface area (Å²) in [6.45, 7) is -1.52. The molecule has 45 heavy (non-hydrogen) atoms. The summed E-state index contributed by atoms with van der Waals surface area (Å²) < 4.78 is 40.6. The van der Waals surface area contributed by atoms with Gasteiger partial charge in [-0.3, -0.25) is 4.79 Å². The van der Waals surface area contributed by atoms with Gasteiger partial charge >= 0.3 is 0 Å². The molecule has 3 aromatic rings. The molecule has 4 aliphatic heterocycles. The van der Waals surface area contributed by atoms with Crippen molar-refractivity contribution in [1.29, 1.82) is 0 Å². The number of methoxy groups -OCH3 is 1. The van der Waals surface area contributed by atoms with Gasteiger partial charge in [0.15, 0.2) is 29.6 Å². The van der Waals surface area contributed by atoms with Crippen LogP contribution in [0, 0.1) is 0 Å². The lowest BCUT2D eigenvalue weighted by atomic mass is 9.95. The van der Waals surface area contributed by atoms with E-state index in [2.05, 4.69) is 5.32 Å². The van der Waals surface area contributed by atoms with Gasteiger partial charge in [0.1, 0.15) is 48.5 Å². The van der Waals surface area contributed by atoms with Crippen LogP contribution in [-0.4, -0.2) is 130 Å². The van der Waals surface area contributed by atoms with Crippen molar-refractivity contribution in [3.63, 3.8) is 0 Å². The quantitative estimate of drug-likeness (QED) is 0.135. The minimum Gasteiger partial charge on any atom is -0.496 e. The zero-order chi connectivity index (χ0) is 31.7. The van der Waals surface area contributed by atoms with Crippen molar-refractivity contribution in [3.05, 3.63) is 29.8 Å². The summed E-state index contributed by atoms with van der Waals surface area (Å²) in [5.41, 5.74) is 0.484. The first-order valence-corrected chi connectivity index (χ1v) is 14.1. The van der Waals surface area contributed by atoms with Crippen molar-refractivity contribution in [2.24, 2.45) is 0 Å². The normalized spacial score (nSPS) is 33.9. The maximum absolute atomic E-state index is 13.2. The Morgan fingerprint density at radius 3 is 2.29 bits per heavy atom. The molecule has 1 amide bonds. The van der Waals surface area contributed by atoms with Crippen LogP contribution in [0.15, 0.2) is 24.3 Å². The average Bonchev–Trinajstić information content (AvgIpc) is 3.66. The monoisotopic (exact) mass is 633 g/mol. The van der Waals surface area contributed by atoms with Crippen LogP contribution in [-0.2, 0) is 14.2 Å². The number of ether oxygens (including phenoxy) is 7. The fourth-order valence-corrected chi connectivity index (χ4v) is 6.29. The number of rotatable bonds is 7. The number of amides is 1. The Bertz CT molecular complexity index is 1650. The summed E-state index contributed by atoms with van der Waals surface area (Å²) in [5.74, 6) is 0.669. The van der Waals surface area contributed by atoms with Gasteiger partial charge in [0.05, 0.1) is 37.0 Å². The number of nitrogens with one attached hydrogen (secondary N) is 1. The number of carbonyl (C=O) groups is 1. The van der Waals surface area contributed by atoms with Crippen molar-refractivity contribution in [1.82, 2.24) is 0 Å². The molecule has 10 atom stereocenters. The van der Waals surface area contributed by atoms with Gasteiger partial charge in [-0.1, -0.05) is 12.1 Å². The molecule has 2 fully saturated rings. The van der Waals surface area contributed by atoms with E-state index in [1.54, 1.807) is 24.3 Å². The number of carbonyl (C=O) groups excluding carboxylic acids is 1. The van der Waals surface area contributed by atoms with Crippen LogP contribution in [0.1, 0.15) is 10.4 Å². The number of aliphatic hydroxyl groups excluding tert-OH is 7. The van der Waals surface area contributed by atoms with Gasteiger partial charge < -0.3 is 74.2 Å². The lowest BCUT2D eigenvalue weighted by Crippen LogP contribution is -2.65. The number of hydrogen-bond acceptors (Lipinski definition) is 15. The van der Waals surface area contributed by atoms with Gasteiger partial charge in [0.2, 0.25) is 13.1 Å². The highest BCUT2D eigenvalue weighted by molar-refractivity contribution is 6.33. The molecular formula is C29H31NO15. The molecule has 16 nitrogen and oxygen atoms in total. The van der Waals surface area contributed by atoms with Crippen molar-refractivity contribution in [2.75, 3.05) is 32.4 Å². The first-order valence-electron chi connectivity index (χ1n) is 14.1. The van der Waals surface area contributed by atoms with Gasteiger partial charge in [-0.25, -0.2) is 0 Å². The van der Waals surface area contributed by atoms with Crippen LogP contribution in [0.3, 0.4) is 0 Å². The summed E-state index contributed by atoms with van der Waals surface area (Å²) >= 11 is 0. The van der Waals surface area contributed by atoms with E-state index in [0.717, 1.165) is 0 Å². The third-order valence-corrected chi connectivity index (χ3v) is 8.56. The second-order valence-electron chi connectivity index (χ2n) is 11.1. The smallest absolute Gasteiger partial charge is 0.256 e. The van der Waals surface area contributed by atoms with Crippen molar-refractivity contribution in [3.8, 4) is 23.0 Å². The Morgan fingerprint density at radius 2 is 1.58 bits per heavy atom.